The lowest BCUT2D eigenvalue weighted by atomic mass is 9.95. The van der Waals surface area contributed by atoms with Crippen molar-refractivity contribution in [1.82, 2.24) is 15.5 Å². The highest BCUT2D eigenvalue weighted by Gasteiger charge is 2.21. The number of nitrogens with one attached hydrogen (secondary N) is 2. The lowest BCUT2D eigenvalue weighted by Gasteiger charge is -2.34. The van der Waals surface area contributed by atoms with Gasteiger partial charge in [0.1, 0.15) is 5.76 Å². The van der Waals surface area contributed by atoms with Gasteiger partial charge in [0, 0.05) is 44.7 Å². The molecule has 1 aliphatic carbocycles. The van der Waals surface area contributed by atoms with Crippen molar-refractivity contribution in [2.24, 2.45) is 4.99 Å². The van der Waals surface area contributed by atoms with Gasteiger partial charge >= 0.3 is 0 Å². The predicted molar refractivity (Wildman–Crippen MR) is 134 cm³/mol. The number of nitrogens with zero attached hydrogens (tertiary/aromatic N) is 2. The molecule has 0 bridgehead atoms. The van der Waals surface area contributed by atoms with E-state index in [2.05, 4.69) is 29.4 Å². The molecule has 1 saturated heterocycles. The summed E-state index contributed by atoms with van der Waals surface area (Å²) in [5.41, 5.74) is 0. The summed E-state index contributed by atoms with van der Waals surface area (Å²) >= 11 is 0. The summed E-state index contributed by atoms with van der Waals surface area (Å²) in [7, 11) is 0. The molecule has 172 valence electrons. The van der Waals surface area contributed by atoms with E-state index in [0.717, 1.165) is 63.8 Å². The number of likely N-dealkylation sites (tertiary alicyclic amines) is 1. The Kier molecular flexibility index (Phi) is 12.1. The van der Waals surface area contributed by atoms with Gasteiger partial charge in [-0.1, -0.05) is 19.3 Å². The van der Waals surface area contributed by atoms with Crippen LogP contribution >= 0.6 is 24.0 Å². The van der Waals surface area contributed by atoms with Crippen LogP contribution in [-0.2, 0) is 11.2 Å². The highest BCUT2D eigenvalue weighted by Crippen LogP contribution is 2.17. The summed E-state index contributed by atoms with van der Waals surface area (Å²) in [6.45, 7) is 9.07. The zero-order chi connectivity index (χ0) is 20.3. The molecule has 1 saturated carbocycles. The van der Waals surface area contributed by atoms with Crippen molar-refractivity contribution in [3.05, 3.63) is 24.2 Å². The van der Waals surface area contributed by atoms with E-state index >= 15 is 0 Å². The normalized spacial score (nSPS) is 19.6. The molecule has 0 atom stereocenters. The zero-order valence-corrected chi connectivity index (χ0v) is 21.1. The van der Waals surface area contributed by atoms with E-state index in [9.17, 15) is 0 Å². The lowest BCUT2D eigenvalue weighted by molar-refractivity contribution is 0.0532. The van der Waals surface area contributed by atoms with E-state index in [1.54, 1.807) is 6.26 Å². The topological polar surface area (TPSA) is 62.0 Å². The third-order valence-electron chi connectivity index (χ3n) is 5.94. The van der Waals surface area contributed by atoms with Crippen LogP contribution in [0.2, 0.25) is 0 Å². The highest BCUT2D eigenvalue weighted by atomic mass is 127. The van der Waals surface area contributed by atoms with Gasteiger partial charge in [-0.2, -0.15) is 0 Å². The highest BCUT2D eigenvalue weighted by molar-refractivity contribution is 14.0. The Balaban J connectivity index is 0.00000320. The van der Waals surface area contributed by atoms with Gasteiger partial charge in [-0.05, 0) is 51.7 Å². The van der Waals surface area contributed by atoms with Crippen LogP contribution < -0.4 is 10.6 Å². The van der Waals surface area contributed by atoms with Crippen LogP contribution in [0, 0.1) is 0 Å². The lowest BCUT2D eigenvalue weighted by Crippen LogP contribution is -2.51. The van der Waals surface area contributed by atoms with E-state index < -0.39 is 0 Å². The van der Waals surface area contributed by atoms with Crippen LogP contribution in [0.25, 0.3) is 0 Å². The Bertz CT molecular complexity index is 580. The maximum absolute atomic E-state index is 5.70. The summed E-state index contributed by atoms with van der Waals surface area (Å²) < 4.78 is 11.1. The first-order valence-electron chi connectivity index (χ1n) is 11.6. The second-order valence-corrected chi connectivity index (χ2v) is 8.72. The molecular formula is C23H41IN4O2. The molecule has 1 aliphatic heterocycles. The fourth-order valence-electron chi connectivity index (χ4n) is 4.22. The Hall–Kier alpha value is -0.800. The number of hydrogen-bond donors (Lipinski definition) is 2. The van der Waals surface area contributed by atoms with Crippen molar-refractivity contribution in [2.45, 2.75) is 83.4 Å². The van der Waals surface area contributed by atoms with Gasteiger partial charge in [-0.15, -0.1) is 24.0 Å². The quantitative estimate of drug-likeness (QED) is 0.284. The molecule has 2 N–H and O–H groups in total. The molecule has 0 unspecified atom stereocenters. The number of piperidine rings is 1. The van der Waals surface area contributed by atoms with Crippen LogP contribution in [0.3, 0.4) is 0 Å². The molecule has 0 spiro atoms. The van der Waals surface area contributed by atoms with Gasteiger partial charge in [0.15, 0.2) is 5.96 Å². The maximum Gasteiger partial charge on any atom is 0.191 e. The molecule has 1 aromatic rings. The number of hydrogen-bond acceptors (Lipinski definition) is 4. The summed E-state index contributed by atoms with van der Waals surface area (Å²) in [4.78, 5) is 7.39. The molecule has 30 heavy (non-hydrogen) atoms. The van der Waals surface area contributed by atoms with Crippen molar-refractivity contribution in [2.75, 3.05) is 32.8 Å². The van der Waals surface area contributed by atoms with E-state index in [1.807, 2.05) is 12.1 Å². The average molecular weight is 533 g/mol. The van der Waals surface area contributed by atoms with Crippen molar-refractivity contribution < 1.29 is 9.15 Å². The van der Waals surface area contributed by atoms with Crippen LogP contribution in [0.15, 0.2) is 27.8 Å². The van der Waals surface area contributed by atoms with E-state index in [0.29, 0.717) is 18.2 Å². The zero-order valence-electron chi connectivity index (χ0n) is 18.8. The fraction of sp³-hybridized carbons (Fsp3) is 0.783. The molecule has 2 fully saturated rings. The van der Waals surface area contributed by atoms with E-state index in [1.165, 1.54) is 32.1 Å². The Morgan fingerprint density at radius 3 is 2.47 bits per heavy atom. The maximum atomic E-state index is 5.70. The first-order chi connectivity index (χ1) is 14.2. The molecule has 2 heterocycles. The molecule has 2 aliphatic rings. The molecule has 0 radical (unpaired) electrons. The van der Waals surface area contributed by atoms with Crippen molar-refractivity contribution in [3.63, 3.8) is 0 Å². The minimum atomic E-state index is 0. The summed E-state index contributed by atoms with van der Waals surface area (Å²) in [5, 5.41) is 7.44. The number of ether oxygens (including phenoxy) is 1. The molecule has 3 rings (SSSR count). The first kappa shape index (κ1) is 25.5. The third-order valence-corrected chi connectivity index (χ3v) is 5.94. The number of furan rings is 1. The second-order valence-electron chi connectivity index (χ2n) is 8.72. The number of halogens is 1. The summed E-state index contributed by atoms with van der Waals surface area (Å²) in [6.07, 6.45) is 11.8. The van der Waals surface area contributed by atoms with Crippen LogP contribution in [0.5, 0.6) is 0 Å². The minimum absolute atomic E-state index is 0. The Labute approximate surface area is 199 Å². The SMILES string of the molecule is CC(C)OCCN1CCC(NC(=NCCc2ccco2)NC2CCCCC2)CC1.I. The van der Waals surface area contributed by atoms with E-state index in [-0.39, 0.29) is 24.0 Å². The first-order valence-corrected chi connectivity index (χ1v) is 11.6. The summed E-state index contributed by atoms with van der Waals surface area (Å²) in [6, 6.07) is 5.02. The second kappa shape index (κ2) is 14.3. The van der Waals surface area contributed by atoms with Gasteiger partial charge < -0.3 is 24.7 Å². The molecular weight excluding hydrogens is 491 g/mol. The smallest absolute Gasteiger partial charge is 0.191 e. The fourth-order valence-corrected chi connectivity index (χ4v) is 4.22. The average Bonchev–Trinajstić information content (AvgIpc) is 3.23. The minimum Gasteiger partial charge on any atom is -0.469 e. The van der Waals surface area contributed by atoms with Crippen molar-refractivity contribution >= 4 is 29.9 Å². The van der Waals surface area contributed by atoms with Gasteiger partial charge in [-0.25, -0.2) is 0 Å². The number of guanidine groups is 1. The largest absolute Gasteiger partial charge is 0.469 e. The van der Waals surface area contributed by atoms with Crippen molar-refractivity contribution in [3.8, 4) is 0 Å². The summed E-state index contributed by atoms with van der Waals surface area (Å²) in [5.74, 6) is 1.99. The van der Waals surface area contributed by atoms with Gasteiger partial charge in [0.2, 0.25) is 0 Å². The van der Waals surface area contributed by atoms with Gasteiger partial charge in [0.05, 0.1) is 19.0 Å². The van der Waals surface area contributed by atoms with E-state index in [4.69, 9.17) is 14.1 Å². The van der Waals surface area contributed by atoms with Gasteiger partial charge in [0.25, 0.3) is 0 Å². The Morgan fingerprint density at radius 1 is 1.13 bits per heavy atom. The molecule has 6 nitrogen and oxygen atoms in total. The van der Waals surface area contributed by atoms with Crippen LogP contribution in [0.4, 0.5) is 0 Å². The third kappa shape index (κ3) is 9.56. The molecule has 1 aromatic heterocycles. The number of aliphatic imine (C=N–C) groups is 1. The van der Waals surface area contributed by atoms with Crippen LogP contribution in [-0.4, -0.2) is 61.8 Å². The number of rotatable bonds is 9. The van der Waals surface area contributed by atoms with Crippen molar-refractivity contribution in [1.29, 1.82) is 0 Å². The van der Waals surface area contributed by atoms with Gasteiger partial charge in [-0.3, -0.25) is 4.99 Å². The predicted octanol–water partition coefficient (Wildman–Crippen LogP) is 4.20. The molecule has 0 aromatic carbocycles. The van der Waals surface area contributed by atoms with Crippen LogP contribution in [0.1, 0.15) is 64.6 Å². The Morgan fingerprint density at radius 2 is 1.83 bits per heavy atom. The monoisotopic (exact) mass is 532 g/mol. The molecule has 7 heteroatoms. The standard InChI is InChI=1S/C23H40N4O2.HI/c1-19(2)28-18-16-27-14-11-21(12-15-27)26-23(25-20-7-4-3-5-8-20)24-13-10-22-9-6-17-29-22;/h6,9,17,19-21H,3-5,7-8,10-16,18H2,1-2H3,(H2,24,25,26);1H. The molecule has 0 amide bonds.